The number of nitriles is 1. The number of hydrogen-bond donors (Lipinski definition) is 0. The van der Waals surface area contributed by atoms with Gasteiger partial charge in [-0.25, -0.2) is 9.18 Å². The summed E-state index contributed by atoms with van der Waals surface area (Å²) in [6, 6.07) is 9.24. The van der Waals surface area contributed by atoms with Crippen LogP contribution in [0, 0.1) is 11.3 Å². The average molecular weight is 338 g/mol. The monoisotopic (exact) mass is 338 g/mol. The highest BCUT2D eigenvalue weighted by Gasteiger charge is 2.43. The van der Waals surface area contributed by atoms with Crippen molar-refractivity contribution in [2.24, 2.45) is 0 Å². The SMILES string of the molecule is N#C[C@H]1CN(C2CCC(F)CC2)C(=O)N1c1cncc2ccccc12. The van der Waals surface area contributed by atoms with E-state index in [2.05, 4.69) is 11.1 Å². The number of urea groups is 1. The number of alkyl halides is 1. The molecule has 2 amide bonds. The lowest BCUT2D eigenvalue weighted by molar-refractivity contribution is 0.148. The summed E-state index contributed by atoms with van der Waals surface area (Å²) in [6.45, 7) is 0.361. The third-order valence-electron chi connectivity index (χ3n) is 5.26. The van der Waals surface area contributed by atoms with Crippen LogP contribution < -0.4 is 4.90 Å². The van der Waals surface area contributed by atoms with Crippen LogP contribution >= 0.6 is 0 Å². The van der Waals surface area contributed by atoms with Crippen LogP contribution in [-0.2, 0) is 0 Å². The topological polar surface area (TPSA) is 60.2 Å². The van der Waals surface area contributed by atoms with Crippen molar-refractivity contribution in [3.63, 3.8) is 0 Å². The molecule has 1 saturated heterocycles. The Labute approximate surface area is 145 Å². The number of halogens is 1. The molecule has 1 saturated carbocycles. The molecule has 1 atom stereocenters. The summed E-state index contributed by atoms with van der Waals surface area (Å²) < 4.78 is 13.4. The second-order valence-corrected chi connectivity index (χ2v) is 6.74. The van der Waals surface area contributed by atoms with E-state index in [4.69, 9.17) is 0 Å². The predicted octanol–water partition coefficient (Wildman–Crippen LogP) is 3.65. The van der Waals surface area contributed by atoms with Gasteiger partial charge in [0.1, 0.15) is 12.2 Å². The van der Waals surface area contributed by atoms with Crippen molar-refractivity contribution >= 4 is 22.5 Å². The van der Waals surface area contributed by atoms with E-state index in [0.717, 1.165) is 10.8 Å². The first-order chi connectivity index (χ1) is 12.2. The summed E-state index contributed by atoms with van der Waals surface area (Å²) in [5, 5.41) is 11.4. The number of amides is 2. The summed E-state index contributed by atoms with van der Waals surface area (Å²) in [4.78, 5) is 20.6. The molecule has 6 heteroatoms. The fraction of sp³-hybridized carbons (Fsp3) is 0.421. The molecule has 1 aromatic carbocycles. The van der Waals surface area contributed by atoms with E-state index in [9.17, 15) is 14.4 Å². The van der Waals surface area contributed by atoms with Crippen molar-refractivity contribution in [3.8, 4) is 6.07 Å². The molecule has 2 fully saturated rings. The highest BCUT2D eigenvalue weighted by Crippen LogP contribution is 2.34. The van der Waals surface area contributed by atoms with Crippen LogP contribution in [0.25, 0.3) is 10.8 Å². The van der Waals surface area contributed by atoms with Gasteiger partial charge in [0.15, 0.2) is 0 Å². The van der Waals surface area contributed by atoms with Crippen LogP contribution in [0.15, 0.2) is 36.7 Å². The lowest BCUT2D eigenvalue weighted by Gasteiger charge is -2.32. The lowest BCUT2D eigenvalue weighted by Crippen LogP contribution is -2.41. The smallest absolute Gasteiger partial charge is 0.318 e. The zero-order chi connectivity index (χ0) is 17.4. The summed E-state index contributed by atoms with van der Waals surface area (Å²) in [5.74, 6) is 0. The molecule has 2 aromatic rings. The van der Waals surface area contributed by atoms with E-state index < -0.39 is 12.2 Å². The molecule has 2 aliphatic rings. The first-order valence-electron chi connectivity index (χ1n) is 8.65. The number of carbonyl (C=O) groups is 1. The van der Waals surface area contributed by atoms with Crippen molar-refractivity contribution in [3.05, 3.63) is 36.7 Å². The molecule has 0 N–H and O–H groups in total. The molecule has 5 nitrogen and oxygen atoms in total. The Balaban J connectivity index is 1.69. The van der Waals surface area contributed by atoms with Crippen LogP contribution in [0.4, 0.5) is 14.9 Å². The molecule has 128 valence electrons. The van der Waals surface area contributed by atoms with Crippen molar-refractivity contribution in [1.29, 1.82) is 5.26 Å². The zero-order valence-electron chi connectivity index (χ0n) is 13.8. The molecule has 0 spiro atoms. The molecule has 1 aliphatic carbocycles. The van der Waals surface area contributed by atoms with Gasteiger partial charge >= 0.3 is 6.03 Å². The zero-order valence-corrected chi connectivity index (χ0v) is 13.8. The molecular formula is C19H19FN4O. The first kappa shape index (κ1) is 15.8. The maximum Gasteiger partial charge on any atom is 0.326 e. The van der Waals surface area contributed by atoms with Gasteiger partial charge in [-0.05, 0) is 25.7 Å². The third kappa shape index (κ3) is 2.70. The van der Waals surface area contributed by atoms with Crippen LogP contribution in [0.2, 0.25) is 0 Å². The van der Waals surface area contributed by atoms with Crippen LogP contribution in [0.5, 0.6) is 0 Å². The van der Waals surface area contributed by atoms with Crippen molar-refractivity contribution < 1.29 is 9.18 Å². The average Bonchev–Trinajstić information content (AvgIpc) is 2.98. The number of carbonyl (C=O) groups excluding carboxylic acids is 1. The Hall–Kier alpha value is -2.68. The van der Waals surface area contributed by atoms with E-state index in [-0.39, 0.29) is 12.1 Å². The van der Waals surface area contributed by atoms with Gasteiger partial charge in [-0.1, -0.05) is 24.3 Å². The van der Waals surface area contributed by atoms with E-state index in [1.54, 1.807) is 22.2 Å². The van der Waals surface area contributed by atoms with Gasteiger partial charge in [0.05, 0.1) is 24.5 Å². The van der Waals surface area contributed by atoms with Crippen LogP contribution in [0.3, 0.4) is 0 Å². The maximum absolute atomic E-state index is 13.4. The number of benzene rings is 1. The molecular weight excluding hydrogens is 319 g/mol. The van der Waals surface area contributed by atoms with Crippen molar-refractivity contribution in [2.75, 3.05) is 11.4 Å². The molecule has 4 rings (SSSR count). The number of nitrogens with zero attached hydrogens (tertiary/aromatic N) is 4. The summed E-state index contributed by atoms with van der Waals surface area (Å²) in [7, 11) is 0. The van der Waals surface area contributed by atoms with Gasteiger partial charge in [-0.15, -0.1) is 0 Å². The molecule has 25 heavy (non-hydrogen) atoms. The normalized spacial score (nSPS) is 26.9. The third-order valence-corrected chi connectivity index (χ3v) is 5.26. The van der Waals surface area contributed by atoms with E-state index in [0.29, 0.717) is 37.9 Å². The minimum absolute atomic E-state index is 0.0169. The van der Waals surface area contributed by atoms with Gasteiger partial charge < -0.3 is 4.90 Å². The highest BCUT2D eigenvalue weighted by molar-refractivity contribution is 6.04. The number of aromatic nitrogens is 1. The van der Waals surface area contributed by atoms with E-state index >= 15 is 0 Å². The minimum Gasteiger partial charge on any atom is -0.318 e. The molecule has 0 radical (unpaired) electrons. The van der Waals surface area contributed by atoms with Gasteiger partial charge in [-0.2, -0.15) is 5.26 Å². The number of rotatable bonds is 2. The number of hydrogen-bond acceptors (Lipinski definition) is 3. The number of fused-ring (bicyclic) bond motifs is 1. The second-order valence-electron chi connectivity index (χ2n) is 6.74. The van der Waals surface area contributed by atoms with Gasteiger partial charge in [0, 0.05) is 23.0 Å². The Morgan fingerprint density at radius 2 is 1.92 bits per heavy atom. The van der Waals surface area contributed by atoms with Crippen LogP contribution in [0.1, 0.15) is 25.7 Å². The first-order valence-corrected chi connectivity index (χ1v) is 8.65. The summed E-state index contributed by atoms with van der Waals surface area (Å²) in [5.41, 5.74) is 0.663. The molecule has 1 aromatic heterocycles. The fourth-order valence-electron chi connectivity index (χ4n) is 3.93. The highest BCUT2D eigenvalue weighted by atomic mass is 19.1. The molecule has 1 aliphatic heterocycles. The Bertz CT molecular complexity index is 835. The van der Waals surface area contributed by atoms with Gasteiger partial charge in [0.2, 0.25) is 0 Å². The Kier molecular flexibility index (Phi) is 4.00. The van der Waals surface area contributed by atoms with Crippen LogP contribution in [-0.4, -0.2) is 40.7 Å². The molecule has 2 heterocycles. The summed E-state index contributed by atoms with van der Waals surface area (Å²) >= 11 is 0. The number of pyridine rings is 1. The summed E-state index contributed by atoms with van der Waals surface area (Å²) in [6.07, 6.45) is 4.93. The lowest BCUT2D eigenvalue weighted by atomic mass is 9.93. The van der Waals surface area contributed by atoms with E-state index in [1.807, 2.05) is 24.3 Å². The molecule has 0 bridgehead atoms. The minimum atomic E-state index is -0.765. The maximum atomic E-state index is 13.4. The Morgan fingerprint density at radius 3 is 2.68 bits per heavy atom. The number of anilines is 1. The molecule has 0 unspecified atom stereocenters. The quantitative estimate of drug-likeness (QED) is 0.840. The largest absolute Gasteiger partial charge is 0.326 e. The fourth-order valence-corrected chi connectivity index (χ4v) is 3.93. The second kappa shape index (κ2) is 6.32. The van der Waals surface area contributed by atoms with Crippen molar-refractivity contribution in [2.45, 2.75) is 43.9 Å². The van der Waals surface area contributed by atoms with Gasteiger partial charge in [-0.3, -0.25) is 9.88 Å². The predicted molar refractivity (Wildman–Crippen MR) is 92.9 cm³/mol. The van der Waals surface area contributed by atoms with Crippen molar-refractivity contribution in [1.82, 2.24) is 9.88 Å². The van der Waals surface area contributed by atoms with Gasteiger partial charge in [0.25, 0.3) is 0 Å². The standard InChI is InChI=1S/C19H19FN4O/c20-14-5-7-15(8-6-14)23-12-16(9-21)24(19(23)25)18-11-22-10-13-3-1-2-4-17(13)18/h1-4,10-11,14-16H,5-8,12H2/t14?,15?,16-/m0/s1. The Morgan fingerprint density at radius 1 is 1.16 bits per heavy atom. The van der Waals surface area contributed by atoms with E-state index in [1.165, 1.54) is 0 Å².